The summed E-state index contributed by atoms with van der Waals surface area (Å²) in [5.41, 5.74) is 0.111. The van der Waals surface area contributed by atoms with Crippen LogP contribution in [0.1, 0.15) is 33.3 Å². The lowest BCUT2D eigenvalue weighted by atomic mass is 10.1. The molecule has 2 rings (SSSR count). The topological polar surface area (TPSA) is 111 Å². The Labute approximate surface area is 197 Å². The quantitative estimate of drug-likeness (QED) is 0.432. The third-order valence-corrected chi connectivity index (χ3v) is 4.89. The Balaban J connectivity index is 2.21. The number of carbonyl (C=O) groups is 2. The fourth-order valence-corrected chi connectivity index (χ4v) is 3.10. The molecule has 178 valence electrons. The van der Waals surface area contributed by atoms with Gasteiger partial charge in [-0.15, -0.1) is 0 Å². The molecule has 0 aliphatic heterocycles. The second-order valence-electron chi connectivity index (χ2n) is 8.44. The Bertz CT molecular complexity index is 1000. The number of ether oxygens (including phenoxy) is 2. The predicted octanol–water partition coefficient (Wildman–Crippen LogP) is 3.97. The van der Waals surface area contributed by atoms with Gasteiger partial charge in [-0.2, -0.15) is 0 Å². The minimum Gasteiger partial charge on any atom is -0.490 e. The molecule has 0 spiro atoms. The van der Waals surface area contributed by atoms with Crippen LogP contribution < -0.4 is 14.8 Å². The van der Waals surface area contributed by atoms with Crippen LogP contribution in [0, 0.1) is 10.1 Å². The molecule has 0 aromatic heterocycles. The van der Waals surface area contributed by atoms with Crippen LogP contribution >= 0.6 is 11.6 Å². The highest BCUT2D eigenvalue weighted by Crippen LogP contribution is 2.30. The number of nitrogens with zero attached hydrogens (tertiary/aromatic N) is 2. The Kier molecular flexibility index (Phi) is 8.64. The van der Waals surface area contributed by atoms with Crippen molar-refractivity contribution in [3.63, 3.8) is 0 Å². The van der Waals surface area contributed by atoms with E-state index in [0.29, 0.717) is 5.02 Å². The van der Waals surface area contributed by atoms with Crippen molar-refractivity contribution in [3.05, 3.63) is 63.2 Å². The van der Waals surface area contributed by atoms with E-state index in [1.807, 2.05) is 20.8 Å². The van der Waals surface area contributed by atoms with Crippen molar-refractivity contribution in [2.45, 2.75) is 45.8 Å². The van der Waals surface area contributed by atoms with Crippen molar-refractivity contribution in [1.82, 2.24) is 10.2 Å². The van der Waals surface area contributed by atoms with Gasteiger partial charge in [0.15, 0.2) is 6.61 Å². The average Bonchev–Trinajstić information content (AvgIpc) is 2.75. The molecular weight excluding hydrogens is 450 g/mol. The maximum atomic E-state index is 13.1. The minimum absolute atomic E-state index is 0.0147. The highest BCUT2D eigenvalue weighted by Gasteiger charge is 2.29. The van der Waals surface area contributed by atoms with Crippen LogP contribution in [-0.2, 0) is 16.1 Å². The highest BCUT2D eigenvalue weighted by atomic mass is 35.5. The van der Waals surface area contributed by atoms with E-state index in [1.165, 1.54) is 30.2 Å². The van der Waals surface area contributed by atoms with Crippen LogP contribution in [0.3, 0.4) is 0 Å². The molecule has 10 heteroatoms. The summed E-state index contributed by atoms with van der Waals surface area (Å²) >= 11 is 5.95. The zero-order chi connectivity index (χ0) is 24.8. The first kappa shape index (κ1) is 25.9. The van der Waals surface area contributed by atoms with E-state index in [-0.39, 0.29) is 36.2 Å². The van der Waals surface area contributed by atoms with Gasteiger partial charge in [-0.05, 0) is 51.5 Å². The molecule has 33 heavy (non-hydrogen) atoms. The molecular formula is C23H28ClN3O6. The third kappa shape index (κ3) is 7.64. The van der Waals surface area contributed by atoms with Crippen LogP contribution in [0.15, 0.2) is 42.5 Å². The SMILES string of the molecule is COc1cc(OCC(=O)N(Cc2ccc(Cl)cc2)C(C)C(=O)NC(C)(C)C)ccc1[N+](=O)[O-]. The number of nitrogens with one attached hydrogen (secondary N) is 1. The molecule has 0 aliphatic rings. The van der Waals surface area contributed by atoms with Crippen LogP contribution in [0.5, 0.6) is 11.5 Å². The summed E-state index contributed by atoms with van der Waals surface area (Å²) < 4.78 is 10.6. The molecule has 2 aromatic rings. The smallest absolute Gasteiger partial charge is 0.311 e. The van der Waals surface area contributed by atoms with Crippen LogP contribution in [0.4, 0.5) is 5.69 Å². The van der Waals surface area contributed by atoms with E-state index in [0.717, 1.165) is 5.56 Å². The van der Waals surface area contributed by atoms with Gasteiger partial charge in [0.2, 0.25) is 11.7 Å². The molecule has 2 aromatic carbocycles. The van der Waals surface area contributed by atoms with Gasteiger partial charge in [-0.25, -0.2) is 0 Å². The van der Waals surface area contributed by atoms with Crippen molar-refractivity contribution >= 4 is 29.1 Å². The van der Waals surface area contributed by atoms with Crippen molar-refractivity contribution in [2.24, 2.45) is 0 Å². The summed E-state index contributed by atoms with van der Waals surface area (Å²) in [4.78, 5) is 37.7. The number of hydrogen-bond donors (Lipinski definition) is 1. The molecule has 1 unspecified atom stereocenters. The van der Waals surface area contributed by atoms with E-state index in [2.05, 4.69) is 5.32 Å². The largest absolute Gasteiger partial charge is 0.490 e. The molecule has 0 radical (unpaired) electrons. The van der Waals surface area contributed by atoms with Gasteiger partial charge in [0.1, 0.15) is 11.8 Å². The second kappa shape index (κ2) is 11.0. The second-order valence-corrected chi connectivity index (χ2v) is 8.88. The fraction of sp³-hybridized carbons (Fsp3) is 0.391. The lowest BCUT2D eigenvalue weighted by molar-refractivity contribution is -0.385. The van der Waals surface area contributed by atoms with Crippen LogP contribution in [-0.4, -0.2) is 46.9 Å². The zero-order valence-corrected chi connectivity index (χ0v) is 20.0. The summed E-state index contributed by atoms with van der Waals surface area (Å²) in [5, 5.41) is 14.5. The van der Waals surface area contributed by atoms with Crippen LogP contribution in [0.25, 0.3) is 0 Å². The Morgan fingerprint density at radius 1 is 1.18 bits per heavy atom. The summed E-state index contributed by atoms with van der Waals surface area (Å²) in [6.07, 6.45) is 0. The molecule has 9 nitrogen and oxygen atoms in total. The summed E-state index contributed by atoms with van der Waals surface area (Å²) in [6, 6.07) is 10.2. The normalized spacial score (nSPS) is 11.9. The van der Waals surface area contributed by atoms with Gasteiger partial charge in [0.25, 0.3) is 5.91 Å². The van der Waals surface area contributed by atoms with E-state index < -0.39 is 22.4 Å². The standard InChI is InChI=1S/C23H28ClN3O6/c1-15(22(29)25-23(2,3)4)26(13-16-6-8-17(24)9-7-16)21(28)14-33-18-10-11-19(27(30)31)20(12-18)32-5/h6-12,15H,13-14H2,1-5H3,(H,25,29). The number of rotatable bonds is 9. The maximum absolute atomic E-state index is 13.1. The molecule has 0 fully saturated rings. The number of benzene rings is 2. The predicted molar refractivity (Wildman–Crippen MR) is 125 cm³/mol. The molecule has 0 saturated carbocycles. The van der Waals surface area contributed by atoms with Gasteiger partial charge in [0, 0.05) is 29.2 Å². The first-order valence-electron chi connectivity index (χ1n) is 10.2. The number of halogens is 1. The van der Waals surface area contributed by atoms with E-state index >= 15 is 0 Å². The van der Waals surface area contributed by atoms with Crippen molar-refractivity contribution in [2.75, 3.05) is 13.7 Å². The molecule has 0 bridgehead atoms. The van der Waals surface area contributed by atoms with Gasteiger partial charge < -0.3 is 19.7 Å². The third-order valence-electron chi connectivity index (χ3n) is 4.64. The van der Waals surface area contributed by atoms with E-state index in [4.69, 9.17) is 21.1 Å². The molecule has 1 atom stereocenters. The first-order chi connectivity index (χ1) is 15.4. The molecule has 0 saturated heterocycles. The number of nitro groups is 1. The lowest BCUT2D eigenvalue weighted by Crippen LogP contribution is -2.53. The number of methoxy groups -OCH3 is 1. The number of nitro benzene ring substituents is 1. The first-order valence-corrected chi connectivity index (χ1v) is 10.6. The fourth-order valence-electron chi connectivity index (χ4n) is 2.97. The Hall–Kier alpha value is -3.33. The zero-order valence-electron chi connectivity index (χ0n) is 19.3. The highest BCUT2D eigenvalue weighted by molar-refractivity contribution is 6.30. The lowest BCUT2D eigenvalue weighted by Gasteiger charge is -2.31. The summed E-state index contributed by atoms with van der Waals surface area (Å²) in [6.45, 7) is 7.00. The van der Waals surface area contributed by atoms with Gasteiger partial charge >= 0.3 is 5.69 Å². The van der Waals surface area contributed by atoms with E-state index in [9.17, 15) is 19.7 Å². The van der Waals surface area contributed by atoms with Crippen LogP contribution in [0.2, 0.25) is 5.02 Å². The average molecular weight is 478 g/mol. The summed E-state index contributed by atoms with van der Waals surface area (Å²) in [5.74, 6) is -0.495. The maximum Gasteiger partial charge on any atom is 0.311 e. The molecule has 0 heterocycles. The number of carbonyl (C=O) groups excluding carboxylic acids is 2. The number of amides is 2. The monoisotopic (exact) mass is 477 g/mol. The van der Waals surface area contributed by atoms with E-state index in [1.54, 1.807) is 31.2 Å². The van der Waals surface area contributed by atoms with Crippen molar-refractivity contribution < 1.29 is 24.0 Å². The van der Waals surface area contributed by atoms with Gasteiger partial charge in [0.05, 0.1) is 12.0 Å². The Morgan fingerprint density at radius 2 is 1.82 bits per heavy atom. The molecule has 0 aliphatic carbocycles. The Morgan fingerprint density at radius 3 is 2.36 bits per heavy atom. The molecule has 1 N–H and O–H groups in total. The van der Waals surface area contributed by atoms with Crippen molar-refractivity contribution in [1.29, 1.82) is 0 Å². The molecule has 2 amide bonds. The number of hydrogen-bond acceptors (Lipinski definition) is 6. The van der Waals surface area contributed by atoms with Gasteiger partial charge in [-0.1, -0.05) is 23.7 Å². The minimum atomic E-state index is -0.776. The van der Waals surface area contributed by atoms with Crippen molar-refractivity contribution in [3.8, 4) is 11.5 Å². The summed E-state index contributed by atoms with van der Waals surface area (Å²) in [7, 11) is 1.31. The van der Waals surface area contributed by atoms with Gasteiger partial charge in [-0.3, -0.25) is 19.7 Å².